The van der Waals surface area contributed by atoms with Crippen molar-refractivity contribution in [1.82, 2.24) is 4.98 Å². The van der Waals surface area contributed by atoms with Crippen molar-refractivity contribution in [3.63, 3.8) is 0 Å². The molecule has 10 heteroatoms. The first kappa shape index (κ1) is 14.4. The van der Waals surface area contributed by atoms with Gasteiger partial charge in [0, 0.05) is 12.7 Å². The van der Waals surface area contributed by atoms with Gasteiger partial charge >= 0.3 is 12.5 Å². The summed E-state index contributed by atoms with van der Waals surface area (Å²) in [5, 5.41) is 0. The Balaban J connectivity index is 3.30. The number of anilines is 1. The molecule has 0 aliphatic rings. The maximum absolute atomic E-state index is 12.4. The molecule has 0 saturated carbocycles. The summed E-state index contributed by atoms with van der Waals surface area (Å²) < 4.78 is 76.5. The first-order chi connectivity index (χ1) is 8.06. The molecule has 4 nitrogen and oxygen atoms in total. The lowest BCUT2D eigenvalue weighted by atomic mass is 10.1. The molecule has 1 heterocycles. The smallest absolute Gasteiger partial charge is 0.398 e. The molecule has 0 aliphatic carbocycles. The Hall–Kier alpha value is -1.71. The van der Waals surface area contributed by atoms with Crippen LogP contribution in [0.4, 0.5) is 32.0 Å². The minimum Gasteiger partial charge on any atom is -0.398 e. The number of rotatable bonds is 2. The van der Waals surface area contributed by atoms with Gasteiger partial charge < -0.3 is 16.2 Å². The lowest BCUT2D eigenvalue weighted by Gasteiger charge is -2.16. The van der Waals surface area contributed by atoms with Gasteiger partial charge in [-0.3, -0.25) is 0 Å². The average Bonchev–Trinajstić information content (AvgIpc) is 2.13. The molecule has 0 unspecified atom stereocenters. The lowest BCUT2D eigenvalue weighted by Crippen LogP contribution is -2.21. The normalized spacial score (nSPS) is 12.6. The molecule has 0 atom stereocenters. The van der Waals surface area contributed by atoms with Crippen LogP contribution in [0.3, 0.4) is 0 Å². The third-order valence-electron chi connectivity index (χ3n) is 1.91. The van der Waals surface area contributed by atoms with Crippen molar-refractivity contribution >= 4 is 5.69 Å². The number of alkyl halides is 6. The number of nitrogen functional groups attached to an aromatic ring is 1. The van der Waals surface area contributed by atoms with E-state index in [2.05, 4.69) is 9.72 Å². The van der Waals surface area contributed by atoms with E-state index in [1.807, 2.05) is 0 Å². The van der Waals surface area contributed by atoms with Gasteiger partial charge in [0.2, 0.25) is 5.88 Å². The van der Waals surface area contributed by atoms with Gasteiger partial charge in [-0.25, -0.2) is 4.98 Å². The molecule has 0 spiro atoms. The van der Waals surface area contributed by atoms with Crippen molar-refractivity contribution < 1.29 is 31.1 Å². The molecule has 4 N–H and O–H groups in total. The predicted molar refractivity (Wildman–Crippen MR) is 48.2 cm³/mol. The van der Waals surface area contributed by atoms with Crippen molar-refractivity contribution in [3.05, 3.63) is 17.3 Å². The quantitative estimate of drug-likeness (QED) is 0.810. The number of hydrogen-bond donors (Lipinski definition) is 2. The average molecular weight is 275 g/mol. The van der Waals surface area contributed by atoms with E-state index in [-0.39, 0.29) is 6.20 Å². The molecule has 1 rings (SSSR count). The van der Waals surface area contributed by atoms with E-state index < -0.39 is 41.8 Å². The summed E-state index contributed by atoms with van der Waals surface area (Å²) in [5.74, 6) is -1.09. The number of nitrogens with two attached hydrogens (primary N) is 2. The van der Waals surface area contributed by atoms with Crippen LogP contribution in [-0.2, 0) is 12.7 Å². The Labute approximate surface area is 96.5 Å². The Morgan fingerprint density at radius 1 is 1.17 bits per heavy atom. The van der Waals surface area contributed by atoms with Gasteiger partial charge in [-0.1, -0.05) is 0 Å². The summed E-state index contributed by atoms with van der Waals surface area (Å²) >= 11 is 0. The second-order valence-electron chi connectivity index (χ2n) is 3.12. The van der Waals surface area contributed by atoms with Crippen LogP contribution < -0.4 is 16.2 Å². The molecular formula is C8H7F6N3O. The molecular weight excluding hydrogens is 268 g/mol. The van der Waals surface area contributed by atoms with Crippen LogP contribution >= 0.6 is 0 Å². The Bertz CT molecular complexity index is 442. The summed E-state index contributed by atoms with van der Waals surface area (Å²) in [6.45, 7) is -0.672. The van der Waals surface area contributed by atoms with Crippen LogP contribution in [0.15, 0.2) is 6.20 Å². The van der Waals surface area contributed by atoms with Gasteiger partial charge in [-0.2, -0.15) is 13.2 Å². The molecule has 0 radical (unpaired) electrons. The third kappa shape index (κ3) is 3.15. The van der Waals surface area contributed by atoms with E-state index in [1.165, 1.54) is 0 Å². The second-order valence-corrected chi connectivity index (χ2v) is 3.12. The Morgan fingerprint density at radius 2 is 1.72 bits per heavy atom. The lowest BCUT2D eigenvalue weighted by molar-refractivity contribution is -0.276. The zero-order valence-corrected chi connectivity index (χ0v) is 8.56. The van der Waals surface area contributed by atoms with Gasteiger partial charge in [0.25, 0.3) is 0 Å². The van der Waals surface area contributed by atoms with Crippen LogP contribution in [0.1, 0.15) is 11.1 Å². The summed E-state index contributed by atoms with van der Waals surface area (Å²) in [7, 11) is 0. The number of aromatic nitrogens is 1. The molecule has 0 aliphatic heterocycles. The zero-order valence-electron chi connectivity index (χ0n) is 8.56. The molecule has 0 aromatic carbocycles. The van der Waals surface area contributed by atoms with Crippen LogP contribution in [0, 0.1) is 0 Å². The number of nitrogens with zero attached hydrogens (tertiary/aromatic N) is 1. The van der Waals surface area contributed by atoms with E-state index in [0.717, 1.165) is 0 Å². The van der Waals surface area contributed by atoms with E-state index in [4.69, 9.17) is 11.5 Å². The molecule has 18 heavy (non-hydrogen) atoms. The largest absolute Gasteiger partial charge is 0.574 e. The minimum absolute atomic E-state index is 0.162. The second kappa shape index (κ2) is 4.52. The molecule has 0 saturated heterocycles. The minimum atomic E-state index is -5.09. The number of hydrogen-bond acceptors (Lipinski definition) is 4. The third-order valence-corrected chi connectivity index (χ3v) is 1.91. The summed E-state index contributed by atoms with van der Waals surface area (Å²) in [6, 6.07) is 0. The molecule has 102 valence electrons. The fourth-order valence-electron chi connectivity index (χ4n) is 1.17. The van der Waals surface area contributed by atoms with Gasteiger partial charge in [-0.05, 0) is 0 Å². The maximum Gasteiger partial charge on any atom is 0.574 e. The highest BCUT2D eigenvalue weighted by molar-refractivity contribution is 5.57. The van der Waals surface area contributed by atoms with Crippen LogP contribution in [0.5, 0.6) is 5.88 Å². The van der Waals surface area contributed by atoms with Crippen molar-refractivity contribution in [2.24, 2.45) is 5.73 Å². The van der Waals surface area contributed by atoms with Gasteiger partial charge in [0.1, 0.15) is 0 Å². The van der Waals surface area contributed by atoms with Crippen molar-refractivity contribution in [2.45, 2.75) is 19.1 Å². The summed E-state index contributed by atoms with van der Waals surface area (Å²) in [5.41, 5.74) is 7.21. The summed E-state index contributed by atoms with van der Waals surface area (Å²) in [6.07, 6.45) is -9.77. The fourth-order valence-corrected chi connectivity index (χ4v) is 1.17. The predicted octanol–water partition coefficient (Wildman–Crippen LogP) is 2.04. The first-order valence-electron chi connectivity index (χ1n) is 4.36. The Morgan fingerprint density at radius 3 is 2.11 bits per heavy atom. The van der Waals surface area contributed by atoms with Crippen molar-refractivity contribution in [1.29, 1.82) is 0 Å². The summed E-state index contributed by atoms with van der Waals surface area (Å²) in [4.78, 5) is 2.94. The van der Waals surface area contributed by atoms with E-state index >= 15 is 0 Å². The molecule has 1 aromatic rings. The number of halogens is 6. The highest BCUT2D eigenvalue weighted by Gasteiger charge is 2.37. The standard InChI is InChI=1S/C8H7F6N3O/c9-7(10,11)4-2-17-6(18-8(12,13)14)3(1-15)5(4)16/h2H,1,15H2,(H2,16,17). The van der Waals surface area contributed by atoms with E-state index in [0.29, 0.717) is 0 Å². The number of ether oxygens (including phenoxy) is 1. The van der Waals surface area contributed by atoms with Gasteiger partial charge in [0.05, 0.1) is 16.8 Å². The van der Waals surface area contributed by atoms with E-state index in [9.17, 15) is 26.3 Å². The maximum atomic E-state index is 12.4. The molecule has 0 fully saturated rings. The molecule has 1 aromatic heterocycles. The van der Waals surface area contributed by atoms with Crippen LogP contribution in [0.2, 0.25) is 0 Å². The van der Waals surface area contributed by atoms with Crippen LogP contribution in [0.25, 0.3) is 0 Å². The van der Waals surface area contributed by atoms with Crippen molar-refractivity contribution in [3.8, 4) is 5.88 Å². The first-order valence-corrected chi connectivity index (χ1v) is 4.36. The SMILES string of the molecule is NCc1c(OC(F)(F)F)ncc(C(F)(F)F)c1N. The number of pyridine rings is 1. The Kier molecular flexibility index (Phi) is 3.60. The fraction of sp³-hybridized carbons (Fsp3) is 0.375. The van der Waals surface area contributed by atoms with Gasteiger partial charge in [0.15, 0.2) is 0 Å². The monoisotopic (exact) mass is 275 g/mol. The van der Waals surface area contributed by atoms with Gasteiger partial charge in [-0.15, -0.1) is 13.2 Å². The topological polar surface area (TPSA) is 74.2 Å². The highest BCUT2D eigenvalue weighted by atomic mass is 19.4. The van der Waals surface area contributed by atoms with Crippen molar-refractivity contribution in [2.75, 3.05) is 5.73 Å². The molecule has 0 bridgehead atoms. The van der Waals surface area contributed by atoms with Crippen LogP contribution in [-0.4, -0.2) is 11.3 Å². The van der Waals surface area contributed by atoms with E-state index in [1.54, 1.807) is 0 Å². The zero-order chi connectivity index (χ0) is 14.1. The molecule has 0 amide bonds. The highest BCUT2D eigenvalue weighted by Crippen LogP contribution is 2.38.